The summed E-state index contributed by atoms with van der Waals surface area (Å²) in [6.45, 7) is 0.208. The van der Waals surface area contributed by atoms with E-state index in [0.29, 0.717) is 0 Å². The Morgan fingerprint density at radius 2 is 1.87 bits per heavy atom. The van der Waals surface area contributed by atoms with Crippen molar-refractivity contribution in [3.63, 3.8) is 0 Å². The number of hydrogen-bond acceptors (Lipinski definition) is 5. The average molecular weight is 207 g/mol. The van der Waals surface area contributed by atoms with Crippen LogP contribution in [0.4, 0.5) is 0 Å². The third-order valence-corrected chi connectivity index (χ3v) is 2.02. The Labute approximate surface area is 83.6 Å². The third kappa shape index (κ3) is 1.27. The molecule has 0 spiro atoms. The maximum Gasteiger partial charge on any atom is 0.298 e. The summed E-state index contributed by atoms with van der Waals surface area (Å²) in [5.74, 6) is -1.47. The first kappa shape index (κ1) is 9.35. The summed E-state index contributed by atoms with van der Waals surface area (Å²) < 4.78 is 4.51. The predicted molar refractivity (Wildman–Crippen MR) is 45.4 cm³/mol. The minimum absolute atomic E-state index is 0.0156. The van der Waals surface area contributed by atoms with Crippen molar-refractivity contribution >= 4 is 18.3 Å². The summed E-state index contributed by atoms with van der Waals surface area (Å²) in [5.41, 5.74) is 0.0996. The molecule has 1 aliphatic heterocycles. The molecule has 76 valence electrons. The van der Waals surface area contributed by atoms with E-state index in [0.717, 1.165) is 0 Å². The summed E-state index contributed by atoms with van der Waals surface area (Å²) in [4.78, 5) is 32.5. The molecule has 0 saturated heterocycles. The number of amides is 2. The molecule has 0 bridgehead atoms. The van der Waals surface area contributed by atoms with Gasteiger partial charge in [-0.15, -0.1) is 5.06 Å². The molecular formula is C9H5NO5. The van der Waals surface area contributed by atoms with Crippen molar-refractivity contribution in [1.29, 1.82) is 0 Å². The topological polar surface area (TPSA) is 83.9 Å². The highest BCUT2D eigenvalue weighted by atomic mass is 16.5. The molecule has 1 heterocycles. The Morgan fingerprint density at radius 1 is 1.20 bits per heavy atom. The number of benzene rings is 1. The number of hydroxylamine groups is 2. The lowest BCUT2D eigenvalue weighted by Crippen LogP contribution is -2.25. The zero-order chi connectivity index (χ0) is 11.0. The molecule has 1 N–H and O–H groups in total. The van der Waals surface area contributed by atoms with E-state index < -0.39 is 11.8 Å². The van der Waals surface area contributed by atoms with Crippen LogP contribution >= 0.6 is 0 Å². The molecule has 2 rings (SSSR count). The molecule has 2 amide bonds. The van der Waals surface area contributed by atoms with Gasteiger partial charge in [-0.25, -0.2) is 0 Å². The van der Waals surface area contributed by atoms with Crippen LogP contribution in [0.3, 0.4) is 0 Å². The number of ether oxygens (including phenoxy) is 1. The van der Waals surface area contributed by atoms with Gasteiger partial charge in [-0.1, -0.05) is 0 Å². The minimum Gasteiger partial charge on any atom is -0.429 e. The molecule has 0 atom stereocenters. The Morgan fingerprint density at radius 3 is 2.53 bits per heavy atom. The van der Waals surface area contributed by atoms with Crippen molar-refractivity contribution in [3.05, 3.63) is 29.3 Å². The normalized spacial score (nSPS) is 14.1. The van der Waals surface area contributed by atoms with E-state index in [1.165, 1.54) is 18.2 Å². The van der Waals surface area contributed by atoms with Gasteiger partial charge in [0.05, 0.1) is 11.1 Å². The molecule has 15 heavy (non-hydrogen) atoms. The third-order valence-electron chi connectivity index (χ3n) is 2.02. The van der Waals surface area contributed by atoms with Crippen molar-refractivity contribution in [1.82, 2.24) is 5.06 Å². The number of rotatable bonds is 2. The first-order valence-corrected chi connectivity index (χ1v) is 3.97. The van der Waals surface area contributed by atoms with Gasteiger partial charge in [-0.2, -0.15) is 0 Å². The zero-order valence-electron chi connectivity index (χ0n) is 7.34. The van der Waals surface area contributed by atoms with Crippen LogP contribution in [0.15, 0.2) is 18.2 Å². The van der Waals surface area contributed by atoms with Crippen LogP contribution in [0.25, 0.3) is 0 Å². The summed E-state index contributed by atoms with van der Waals surface area (Å²) in [7, 11) is 0. The summed E-state index contributed by atoms with van der Waals surface area (Å²) in [5, 5.41) is 9.06. The number of carbonyl (C=O) groups is 3. The monoisotopic (exact) mass is 207 g/mol. The molecule has 0 saturated carbocycles. The van der Waals surface area contributed by atoms with E-state index in [4.69, 9.17) is 5.21 Å². The van der Waals surface area contributed by atoms with Crippen molar-refractivity contribution in [2.75, 3.05) is 0 Å². The first-order valence-electron chi connectivity index (χ1n) is 3.97. The molecule has 1 aliphatic rings. The molecular weight excluding hydrogens is 202 g/mol. The highest BCUT2D eigenvalue weighted by Crippen LogP contribution is 2.25. The standard InChI is InChI=1S/C9H5NO5/c11-4-15-5-1-2-6-7(3-5)9(13)10(14)8(6)12/h1-4,14H. The van der Waals surface area contributed by atoms with Gasteiger partial charge >= 0.3 is 0 Å². The Balaban J connectivity index is 2.51. The molecule has 0 radical (unpaired) electrons. The Bertz CT molecular complexity index is 468. The fraction of sp³-hybridized carbons (Fsp3) is 0. The fourth-order valence-electron chi connectivity index (χ4n) is 1.34. The first-order chi connectivity index (χ1) is 7.15. The van der Waals surface area contributed by atoms with Crippen LogP contribution in [0.5, 0.6) is 5.75 Å². The number of nitrogens with zero attached hydrogens (tertiary/aromatic N) is 1. The maximum absolute atomic E-state index is 11.3. The summed E-state index contributed by atoms with van der Waals surface area (Å²) in [6.07, 6.45) is 0. The van der Waals surface area contributed by atoms with Crippen LogP contribution in [0.1, 0.15) is 20.7 Å². The number of imide groups is 1. The van der Waals surface area contributed by atoms with Gasteiger partial charge in [-0.3, -0.25) is 19.6 Å². The van der Waals surface area contributed by atoms with Gasteiger partial charge in [0.25, 0.3) is 18.3 Å². The second kappa shape index (κ2) is 3.18. The lowest BCUT2D eigenvalue weighted by Gasteiger charge is -1.99. The van der Waals surface area contributed by atoms with Crippen molar-refractivity contribution in [2.24, 2.45) is 0 Å². The Hall–Kier alpha value is -2.21. The largest absolute Gasteiger partial charge is 0.429 e. The van der Waals surface area contributed by atoms with Crippen molar-refractivity contribution in [3.8, 4) is 5.75 Å². The van der Waals surface area contributed by atoms with E-state index in [1.54, 1.807) is 0 Å². The molecule has 6 nitrogen and oxygen atoms in total. The van der Waals surface area contributed by atoms with Gasteiger partial charge in [-0.05, 0) is 18.2 Å². The highest BCUT2D eigenvalue weighted by Gasteiger charge is 2.35. The summed E-state index contributed by atoms with van der Waals surface area (Å²) >= 11 is 0. The quantitative estimate of drug-likeness (QED) is 0.425. The van der Waals surface area contributed by atoms with Crippen LogP contribution in [-0.4, -0.2) is 28.6 Å². The van der Waals surface area contributed by atoms with E-state index in [-0.39, 0.29) is 28.4 Å². The van der Waals surface area contributed by atoms with Crippen LogP contribution in [-0.2, 0) is 4.79 Å². The van der Waals surface area contributed by atoms with Crippen LogP contribution < -0.4 is 4.74 Å². The Kier molecular flexibility index (Phi) is 1.98. The maximum atomic E-state index is 11.3. The van der Waals surface area contributed by atoms with Gasteiger partial charge in [0.1, 0.15) is 5.75 Å². The van der Waals surface area contributed by atoms with Gasteiger partial charge in [0, 0.05) is 0 Å². The summed E-state index contributed by atoms with van der Waals surface area (Å²) in [6, 6.07) is 3.89. The smallest absolute Gasteiger partial charge is 0.298 e. The average Bonchev–Trinajstić information content (AvgIpc) is 2.45. The second-order valence-corrected chi connectivity index (χ2v) is 2.84. The van der Waals surface area contributed by atoms with E-state index in [2.05, 4.69) is 4.74 Å². The highest BCUT2D eigenvalue weighted by molar-refractivity contribution is 6.20. The van der Waals surface area contributed by atoms with Crippen LogP contribution in [0.2, 0.25) is 0 Å². The minimum atomic E-state index is -0.827. The molecule has 6 heteroatoms. The number of hydrogen-bond donors (Lipinski definition) is 1. The lowest BCUT2D eigenvalue weighted by molar-refractivity contribution is -0.120. The molecule has 0 unspecified atom stereocenters. The SMILES string of the molecule is O=COc1ccc2c(c1)C(=O)N(O)C2=O. The molecule has 1 aromatic rings. The molecule has 0 fully saturated rings. The van der Waals surface area contributed by atoms with Crippen LogP contribution in [0, 0.1) is 0 Å². The van der Waals surface area contributed by atoms with Gasteiger partial charge in [0.2, 0.25) is 0 Å². The fourth-order valence-corrected chi connectivity index (χ4v) is 1.34. The van der Waals surface area contributed by atoms with Crippen molar-refractivity contribution in [2.45, 2.75) is 0 Å². The number of carbonyl (C=O) groups excluding carboxylic acids is 3. The van der Waals surface area contributed by atoms with Gasteiger partial charge in [0.15, 0.2) is 0 Å². The van der Waals surface area contributed by atoms with E-state index in [9.17, 15) is 14.4 Å². The van der Waals surface area contributed by atoms with Crippen molar-refractivity contribution < 1.29 is 24.3 Å². The molecule has 1 aromatic carbocycles. The van der Waals surface area contributed by atoms with E-state index in [1.807, 2.05) is 0 Å². The second-order valence-electron chi connectivity index (χ2n) is 2.84. The van der Waals surface area contributed by atoms with Gasteiger partial charge < -0.3 is 4.74 Å². The molecule has 0 aliphatic carbocycles. The molecule has 0 aromatic heterocycles. The lowest BCUT2D eigenvalue weighted by atomic mass is 10.1. The zero-order valence-corrected chi connectivity index (χ0v) is 7.34. The van der Waals surface area contributed by atoms with E-state index >= 15 is 0 Å². The predicted octanol–water partition coefficient (Wildman–Crippen LogP) is 0.207. The number of fused-ring (bicyclic) bond motifs is 1.